The first-order valence-corrected chi connectivity index (χ1v) is 6.28. The smallest absolute Gasteiger partial charge is 0.190 e. The van der Waals surface area contributed by atoms with E-state index in [4.69, 9.17) is 0 Å². The molecule has 0 atom stereocenters. The van der Waals surface area contributed by atoms with Crippen LogP contribution in [0.1, 0.15) is 23.6 Å². The molecule has 0 aromatic heterocycles. The number of methoxy groups -OCH3 is 1. The van der Waals surface area contributed by atoms with E-state index in [-0.39, 0.29) is 11.3 Å². The highest BCUT2D eigenvalue weighted by Gasteiger charge is 2.10. The van der Waals surface area contributed by atoms with Crippen molar-refractivity contribution in [1.82, 2.24) is 0 Å². The Morgan fingerprint density at radius 1 is 0.950 bits per heavy atom. The van der Waals surface area contributed by atoms with Crippen molar-refractivity contribution in [2.45, 2.75) is 13.3 Å². The highest BCUT2D eigenvalue weighted by Crippen LogP contribution is 2.22. The second-order valence-electron chi connectivity index (χ2n) is 4.27. The van der Waals surface area contributed by atoms with Gasteiger partial charge in [-0.15, -0.1) is 0 Å². The van der Waals surface area contributed by atoms with E-state index in [2.05, 4.69) is 23.5 Å². The van der Waals surface area contributed by atoms with Crippen LogP contribution in [0.2, 0.25) is 0 Å². The molecule has 0 aliphatic carbocycles. The molecule has 0 unspecified atom stereocenters. The quantitative estimate of drug-likeness (QED) is 0.752. The molecular weight excluding hydrogens is 258 g/mol. The molecule has 0 radical (unpaired) electrons. The largest absolute Gasteiger partial charge is 0.491 e. The Kier molecular flexibility index (Phi) is 4.37. The van der Waals surface area contributed by atoms with Gasteiger partial charge in [0.2, 0.25) is 0 Å². The van der Waals surface area contributed by atoms with Crippen LogP contribution in [0.4, 0.5) is 8.78 Å². The van der Waals surface area contributed by atoms with Crippen LogP contribution in [0.15, 0.2) is 36.4 Å². The zero-order chi connectivity index (χ0) is 14.5. The van der Waals surface area contributed by atoms with Crippen LogP contribution in [0, 0.1) is 23.5 Å². The minimum atomic E-state index is -0.752. The molecule has 0 amide bonds. The molecular formula is C17H14F2O. The van der Waals surface area contributed by atoms with Gasteiger partial charge in [0.05, 0.1) is 7.11 Å². The van der Waals surface area contributed by atoms with Gasteiger partial charge >= 0.3 is 0 Å². The third-order valence-electron chi connectivity index (χ3n) is 2.92. The number of hydrogen-bond acceptors (Lipinski definition) is 1. The van der Waals surface area contributed by atoms with Gasteiger partial charge in [0.25, 0.3) is 0 Å². The van der Waals surface area contributed by atoms with Gasteiger partial charge in [-0.05, 0) is 36.2 Å². The van der Waals surface area contributed by atoms with Crippen molar-refractivity contribution < 1.29 is 13.5 Å². The Morgan fingerprint density at radius 2 is 1.50 bits per heavy atom. The molecule has 0 saturated carbocycles. The molecule has 0 N–H and O–H groups in total. The first-order chi connectivity index (χ1) is 9.63. The standard InChI is InChI=1S/C17H14F2O/c1-3-12-4-6-13(7-5-12)8-9-14-10-15(18)17(20-2)16(19)11-14/h4-7,10-11H,3H2,1-2H3. The highest BCUT2D eigenvalue weighted by atomic mass is 19.1. The third kappa shape index (κ3) is 3.16. The first-order valence-electron chi connectivity index (χ1n) is 6.28. The predicted molar refractivity (Wildman–Crippen MR) is 74.7 cm³/mol. The first kappa shape index (κ1) is 14.1. The Balaban J connectivity index is 2.28. The van der Waals surface area contributed by atoms with Crippen molar-refractivity contribution in [3.63, 3.8) is 0 Å². The summed E-state index contributed by atoms with van der Waals surface area (Å²) >= 11 is 0. The van der Waals surface area contributed by atoms with Gasteiger partial charge in [-0.3, -0.25) is 0 Å². The van der Waals surface area contributed by atoms with Crippen LogP contribution in [0.5, 0.6) is 5.75 Å². The van der Waals surface area contributed by atoms with Gasteiger partial charge in [-0.1, -0.05) is 30.9 Å². The zero-order valence-corrected chi connectivity index (χ0v) is 11.3. The van der Waals surface area contributed by atoms with Crippen LogP contribution >= 0.6 is 0 Å². The van der Waals surface area contributed by atoms with E-state index in [9.17, 15) is 8.78 Å². The molecule has 2 rings (SSSR count). The molecule has 2 aromatic rings. The summed E-state index contributed by atoms with van der Waals surface area (Å²) in [4.78, 5) is 0. The predicted octanol–water partition coefficient (Wildman–Crippen LogP) is 3.94. The number of aryl methyl sites for hydroxylation is 1. The van der Waals surface area contributed by atoms with Gasteiger partial charge in [0.15, 0.2) is 17.4 Å². The van der Waals surface area contributed by atoms with E-state index < -0.39 is 11.6 Å². The van der Waals surface area contributed by atoms with Gasteiger partial charge in [0.1, 0.15) is 0 Å². The van der Waals surface area contributed by atoms with Gasteiger partial charge < -0.3 is 4.74 Å². The third-order valence-corrected chi connectivity index (χ3v) is 2.92. The molecule has 102 valence electrons. The van der Waals surface area contributed by atoms with Crippen LogP contribution in [0.25, 0.3) is 0 Å². The Labute approximate surface area is 117 Å². The van der Waals surface area contributed by atoms with E-state index in [0.29, 0.717) is 0 Å². The summed E-state index contributed by atoms with van der Waals surface area (Å²) in [5.41, 5.74) is 2.30. The fourth-order valence-electron chi connectivity index (χ4n) is 1.80. The molecule has 3 heteroatoms. The lowest BCUT2D eigenvalue weighted by Crippen LogP contribution is -1.93. The maximum atomic E-state index is 13.5. The molecule has 0 heterocycles. The second kappa shape index (κ2) is 6.21. The van der Waals surface area contributed by atoms with Crippen molar-refractivity contribution in [1.29, 1.82) is 0 Å². The fraction of sp³-hybridized carbons (Fsp3) is 0.176. The van der Waals surface area contributed by atoms with Crippen molar-refractivity contribution >= 4 is 0 Å². The maximum Gasteiger partial charge on any atom is 0.190 e. The summed E-state index contributed by atoms with van der Waals surface area (Å²) < 4.78 is 31.6. The Morgan fingerprint density at radius 3 is 2.00 bits per heavy atom. The lowest BCUT2D eigenvalue weighted by Gasteiger charge is -2.03. The number of halogens is 2. The number of rotatable bonds is 2. The Bertz CT molecular complexity index is 641. The number of ether oxygens (including phenoxy) is 1. The lowest BCUT2D eigenvalue weighted by atomic mass is 10.1. The van der Waals surface area contributed by atoms with E-state index >= 15 is 0 Å². The van der Waals surface area contributed by atoms with Crippen LogP contribution in [0.3, 0.4) is 0 Å². The van der Waals surface area contributed by atoms with Crippen molar-refractivity contribution in [3.8, 4) is 17.6 Å². The summed E-state index contributed by atoms with van der Waals surface area (Å²) in [6.45, 7) is 2.07. The molecule has 0 aliphatic rings. The van der Waals surface area contributed by atoms with Gasteiger partial charge in [0, 0.05) is 11.1 Å². The molecule has 20 heavy (non-hydrogen) atoms. The summed E-state index contributed by atoms with van der Waals surface area (Å²) in [5.74, 6) is 3.74. The summed E-state index contributed by atoms with van der Waals surface area (Å²) in [7, 11) is 1.22. The van der Waals surface area contributed by atoms with E-state index in [1.165, 1.54) is 12.7 Å². The second-order valence-corrected chi connectivity index (χ2v) is 4.27. The lowest BCUT2D eigenvalue weighted by molar-refractivity contribution is 0.359. The average Bonchev–Trinajstić information content (AvgIpc) is 2.45. The molecule has 0 bridgehead atoms. The topological polar surface area (TPSA) is 9.23 Å². The molecule has 2 aromatic carbocycles. The average molecular weight is 272 g/mol. The van der Waals surface area contributed by atoms with Crippen LogP contribution in [-0.4, -0.2) is 7.11 Å². The summed E-state index contributed by atoms with van der Waals surface area (Å²) in [5, 5.41) is 0. The van der Waals surface area contributed by atoms with E-state index in [1.54, 1.807) is 0 Å². The molecule has 0 saturated heterocycles. The number of benzene rings is 2. The zero-order valence-electron chi connectivity index (χ0n) is 11.3. The summed E-state index contributed by atoms with van der Waals surface area (Å²) in [6, 6.07) is 10.1. The Hall–Kier alpha value is -2.34. The summed E-state index contributed by atoms with van der Waals surface area (Å²) in [6.07, 6.45) is 0.961. The van der Waals surface area contributed by atoms with Crippen molar-refractivity contribution in [2.75, 3.05) is 7.11 Å². The van der Waals surface area contributed by atoms with E-state index in [1.807, 2.05) is 24.3 Å². The van der Waals surface area contributed by atoms with Gasteiger partial charge in [-0.2, -0.15) is 0 Å². The maximum absolute atomic E-state index is 13.5. The van der Waals surface area contributed by atoms with Crippen LogP contribution in [-0.2, 0) is 6.42 Å². The molecule has 0 fully saturated rings. The molecule has 0 spiro atoms. The fourth-order valence-corrected chi connectivity index (χ4v) is 1.80. The van der Waals surface area contributed by atoms with Crippen molar-refractivity contribution in [3.05, 3.63) is 64.7 Å². The molecule has 0 aliphatic heterocycles. The normalized spacial score (nSPS) is 9.80. The number of hydrogen-bond donors (Lipinski definition) is 0. The monoisotopic (exact) mass is 272 g/mol. The van der Waals surface area contributed by atoms with Crippen molar-refractivity contribution in [2.24, 2.45) is 0 Å². The SMILES string of the molecule is CCc1ccc(C#Cc2cc(F)c(OC)c(F)c2)cc1. The van der Waals surface area contributed by atoms with Gasteiger partial charge in [-0.25, -0.2) is 8.78 Å². The minimum Gasteiger partial charge on any atom is -0.491 e. The molecule has 1 nitrogen and oxygen atoms in total. The minimum absolute atomic E-state index is 0.278. The highest BCUT2D eigenvalue weighted by molar-refractivity contribution is 5.45. The van der Waals surface area contributed by atoms with E-state index in [0.717, 1.165) is 24.1 Å². The van der Waals surface area contributed by atoms with Crippen LogP contribution < -0.4 is 4.74 Å².